The van der Waals surface area contributed by atoms with Crippen molar-refractivity contribution in [2.45, 2.75) is 42.6 Å². The first-order valence-corrected chi connectivity index (χ1v) is 8.49. The molecule has 1 aromatic carbocycles. The Hall–Kier alpha value is -1.53. The van der Waals surface area contributed by atoms with E-state index in [1.807, 2.05) is 31.2 Å². The van der Waals surface area contributed by atoms with E-state index in [9.17, 15) is 4.79 Å². The Labute approximate surface area is 138 Å². The molecule has 0 saturated heterocycles. The number of benzene rings is 1. The Bertz CT molecular complexity index is 671. The fourth-order valence-corrected chi connectivity index (χ4v) is 2.99. The monoisotopic (exact) mass is 336 g/mol. The first-order valence-electron chi connectivity index (χ1n) is 7.23. The van der Waals surface area contributed by atoms with Crippen LogP contribution in [0.1, 0.15) is 37.1 Å². The summed E-state index contributed by atoms with van der Waals surface area (Å²) in [4.78, 5) is 16.6. The molecule has 2 N–H and O–H groups in total. The van der Waals surface area contributed by atoms with Crippen molar-refractivity contribution in [3.05, 3.63) is 40.7 Å². The maximum Gasteiger partial charge on any atom is 0.233 e. The highest BCUT2D eigenvalue weighted by molar-refractivity contribution is 8.00. The van der Waals surface area contributed by atoms with Crippen molar-refractivity contribution >= 4 is 29.3 Å². The van der Waals surface area contributed by atoms with Gasteiger partial charge < -0.3 is 5.32 Å². The molecule has 1 atom stereocenters. The van der Waals surface area contributed by atoms with Gasteiger partial charge in [-0.3, -0.25) is 9.89 Å². The number of halogens is 1. The van der Waals surface area contributed by atoms with Gasteiger partial charge in [-0.15, -0.1) is 5.10 Å². The molecule has 3 rings (SSSR count). The predicted octanol–water partition coefficient (Wildman–Crippen LogP) is 3.13. The Morgan fingerprint density at radius 2 is 2.27 bits per heavy atom. The SMILES string of the molecule is CC(Sc1n[nH]c(C2CC2)n1)C(=O)NCc1ccccc1Cl. The zero-order valence-electron chi connectivity index (χ0n) is 12.2. The van der Waals surface area contributed by atoms with Crippen LogP contribution in [0.2, 0.25) is 5.02 Å². The van der Waals surface area contributed by atoms with Crippen LogP contribution in [0.25, 0.3) is 0 Å². The lowest BCUT2D eigenvalue weighted by molar-refractivity contribution is -0.120. The summed E-state index contributed by atoms with van der Waals surface area (Å²) in [6.45, 7) is 2.27. The average Bonchev–Trinajstić information content (AvgIpc) is 3.26. The van der Waals surface area contributed by atoms with Gasteiger partial charge in [0.05, 0.1) is 5.25 Å². The van der Waals surface area contributed by atoms with Crippen molar-refractivity contribution in [3.63, 3.8) is 0 Å². The van der Waals surface area contributed by atoms with Gasteiger partial charge in [0.25, 0.3) is 0 Å². The number of aromatic nitrogens is 3. The van der Waals surface area contributed by atoms with Crippen LogP contribution < -0.4 is 5.32 Å². The minimum atomic E-state index is -0.259. The van der Waals surface area contributed by atoms with Gasteiger partial charge in [-0.25, -0.2) is 4.98 Å². The summed E-state index contributed by atoms with van der Waals surface area (Å²) < 4.78 is 0. The predicted molar refractivity (Wildman–Crippen MR) is 87.0 cm³/mol. The molecule has 0 spiro atoms. The Balaban J connectivity index is 1.51. The molecule has 1 fully saturated rings. The molecule has 1 heterocycles. The van der Waals surface area contributed by atoms with Crippen LogP contribution >= 0.6 is 23.4 Å². The fourth-order valence-electron chi connectivity index (χ4n) is 2.03. The third-order valence-corrected chi connectivity index (χ3v) is 4.84. The normalized spacial score (nSPS) is 15.5. The molecule has 5 nitrogen and oxygen atoms in total. The molecule has 7 heteroatoms. The molecular weight excluding hydrogens is 320 g/mol. The molecule has 1 aliphatic rings. The van der Waals surface area contributed by atoms with Gasteiger partial charge in [0.1, 0.15) is 5.82 Å². The van der Waals surface area contributed by atoms with Crippen LogP contribution in [-0.4, -0.2) is 26.3 Å². The zero-order chi connectivity index (χ0) is 15.5. The standard InChI is InChI=1S/C15H17ClN4OS/c1-9(22-15-18-13(19-20-15)10-6-7-10)14(21)17-8-11-4-2-3-5-12(11)16/h2-5,9-10H,6-8H2,1H3,(H,17,21)(H,18,19,20). The average molecular weight is 337 g/mol. The number of aromatic amines is 1. The highest BCUT2D eigenvalue weighted by Crippen LogP contribution is 2.38. The second-order valence-electron chi connectivity index (χ2n) is 5.35. The lowest BCUT2D eigenvalue weighted by atomic mass is 10.2. The summed E-state index contributed by atoms with van der Waals surface area (Å²) in [5.41, 5.74) is 0.906. The number of H-pyrrole nitrogens is 1. The van der Waals surface area contributed by atoms with E-state index < -0.39 is 0 Å². The number of nitrogens with zero attached hydrogens (tertiary/aromatic N) is 2. The lowest BCUT2D eigenvalue weighted by Crippen LogP contribution is -2.30. The summed E-state index contributed by atoms with van der Waals surface area (Å²) in [7, 11) is 0. The second kappa shape index (κ2) is 6.71. The van der Waals surface area contributed by atoms with E-state index in [0.29, 0.717) is 22.6 Å². The molecule has 0 bridgehead atoms. The molecule has 1 unspecified atom stereocenters. The highest BCUT2D eigenvalue weighted by Gasteiger charge is 2.27. The molecule has 1 aliphatic carbocycles. The Kier molecular flexibility index (Phi) is 4.69. The van der Waals surface area contributed by atoms with Crippen LogP contribution in [0.3, 0.4) is 0 Å². The van der Waals surface area contributed by atoms with Crippen LogP contribution in [0.5, 0.6) is 0 Å². The minimum absolute atomic E-state index is 0.0531. The molecular formula is C15H17ClN4OS. The number of nitrogens with one attached hydrogen (secondary N) is 2. The summed E-state index contributed by atoms with van der Waals surface area (Å²) in [5, 5.41) is 11.0. The molecule has 0 radical (unpaired) electrons. The molecule has 2 aromatic rings. The van der Waals surface area contributed by atoms with Crippen molar-refractivity contribution in [1.29, 1.82) is 0 Å². The number of hydrogen-bond donors (Lipinski definition) is 2. The van der Waals surface area contributed by atoms with Crippen molar-refractivity contribution in [2.75, 3.05) is 0 Å². The number of amides is 1. The number of hydrogen-bond acceptors (Lipinski definition) is 4. The first kappa shape index (κ1) is 15.4. The van der Waals surface area contributed by atoms with E-state index >= 15 is 0 Å². The van der Waals surface area contributed by atoms with Crippen LogP contribution in [0.15, 0.2) is 29.4 Å². The third-order valence-electron chi connectivity index (χ3n) is 3.51. The van der Waals surface area contributed by atoms with Crippen LogP contribution in [-0.2, 0) is 11.3 Å². The van der Waals surface area contributed by atoms with Crippen molar-refractivity contribution < 1.29 is 4.79 Å². The van der Waals surface area contributed by atoms with Crippen molar-refractivity contribution in [3.8, 4) is 0 Å². The van der Waals surface area contributed by atoms with E-state index in [0.717, 1.165) is 11.4 Å². The summed E-state index contributed by atoms with van der Waals surface area (Å²) >= 11 is 7.43. The van der Waals surface area contributed by atoms with Gasteiger partial charge >= 0.3 is 0 Å². The van der Waals surface area contributed by atoms with Gasteiger partial charge in [-0.1, -0.05) is 41.6 Å². The number of rotatable bonds is 6. The van der Waals surface area contributed by atoms with Crippen LogP contribution in [0.4, 0.5) is 0 Å². The minimum Gasteiger partial charge on any atom is -0.351 e. The van der Waals surface area contributed by atoms with Crippen molar-refractivity contribution in [2.24, 2.45) is 0 Å². The second-order valence-corrected chi connectivity index (χ2v) is 7.06. The van der Waals surface area contributed by atoms with Gasteiger partial charge in [0.2, 0.25) is 11.1 Å². The van der Waals surface area contributed by atoms with Gasteiger partial charge in [-0.2, -0.15) is 0 Å². The Morgan fingerprint density at radius 1 is 1.50 bits per heavy atom. The number of thioether (sulfide) groups is 1. The van der Waals surface area contributed by atoms with E-state index in [1.54, 1.807) is 0 Å². The third kappa shape index (κ3) is 3.81. The molecule has 1 saturated carbocycles. The topological polar surface area (TPSA) is 70.7 Å². The summed E-state index contributed by atoms with van der Waals surface area (Å²) in [5.74, 6) is 1.42. The summed E-state index contributed by atoms with van der Waals surface area (Å²) in [6.07, 6.45) is 2.35. The van der Waals surface area contributed by atoms with E-state index in [2.05, 4.69) is 20.5 Å². The maximum atomic E-state index is 12.1. The zero-order valence-corrected chi connectivity index (χ0v) is 13.7. The molecule has 1 aromatic heterocycles. The fraction of sp³-hybridized carbons (Fsp3) is 0.400. The molecule has 116 valence electrons. The maximum absolute atomic E-state index is 12.1. The molecule has 22 heavy (non-hydrogen) atoms. The first-order chi connectivity index (χ1) is 10.6. The van der Waals surface area contributed by atoms with E-state index in [4.69, 9.17) is 11.6 Å². The number of carbonyl (C=O) groups is 1. The molecule has 1 amide bonds. The quantitative estimate of drug-likeness (QED) is 0.795. The summed E-state index contributed by atoms with van der Waals surface area (Å²) in [6, 6.07) is 7.48. The largest absolute Gasteiger partial charge is 0.351 e. The van der Waals surface area contributed by atoms with Gasteiger partial charge in [0, 0.05) is 17.5 Å². The van der Waals surface area contributed by atoms with Crippen molar-refractivity contribution in [1.82, 2.24) is 20.5 Å². The van der Waals surface area contributed by atoms with E-state index in [1.165, 1.54) is 24.6 Å². The van der Waals surface area contributed by atoms with Gasteiger partial charge in [0.15, 0.2) is 0 Å². The van der Waals surface area contributed by atoms with Gasteiger partial charge in [-0.05, 0) is 31.4 Å². The highest BCUT2D eigenvalue weighted by atomic mass is 35.5. The smallest absolute Gasteiger partial charge is 0.233 e. The van der Waals surface area contributed by atoms with E-state index in [-0.39, 0.29) is 11.2 Å². The van der Waals surface area contributed by atoms with Crippen LogP contribution in [0, 0.1) is 0 Å². The lowest BCUT2D eigenvalue weighted by Gasteiger charge is -2.10. The molecule has 0 aliphatic heterocycles. The Morgan fingerprint density at radius 3 is 3.00 bits per heavy atom. The number of carbonyl (C=O) groups excluding carboxylic acids is 1.